The Kier molecular flexibility index (Phi) is 4.25. The summed E-state index contributed by atoms with van der Waals surface area (Å²) < 4.78 is 5.28. The molecule has 0 radical (unpaired) electrons. The first-order valence-corrected chi connectivity index (χ1v) is 7.60. The topological polar surface area (TPSA) is 41.6 Å². The number of carbonyl (C=O) groups excluding carboxylic acids is 1. The van der Waals surface area contributed by atoms with E-state index in [0.29, 0.717) is 12.0 Å². The van der Waals surface area contributed by atoms with Crippen LogP contribution >= 0.6 is 0 Å². The van der Waals surface area contributed by atoms with Gasteiger partial charge in [-0.05, 0) is 44.0 Å². The van der Waals surface area contributed by atoms with Crippen molar-refractivity contribution in [2.45, 2.75) is 18.9 Å². The molecular weight excluding hydrogens is 264 g/mol. The Morgan fingerprint density at radius 2 is 2.10 bits per heavy atom. The molecule has 1 unspecified atom stereocenters. The summed E-state index contributed by atoms with van der Waals surface area (Å²) in [6, 6.07) is 8.00. The van der Waals surface area contributed by atoms with Crippen LogP contribution in [0.3, 0.4) is 0 Å². The predicted molar refractivity (Wildman–Crippen MR) is 83.1 cm³/mol. The van der Waals surface area contributed by atoms with E-state index in [0.717, 1.165) is 17.9 Å². The summed E-state index contributed by atoms with van der Waals surface area (Å²) in [5, 5.41) is 3.15. The SMILES string of the molecule is COc1ccccc1/C=C\C(=O)NC1CN2CCC1CC2. The average molecular weight is 286 g/mol. The molecule has 3 saturated heterocycles. The van der Waals surface area contributed by atoms with Crippen LogP contribution in [0.5, 0.6) is 5.75 Å². The van der Waals surface area contributed by atoms with Crippen molar-refractivity contribution in [2.75, 3.05) is 26.7 Å². The molecule has 0 aliphatic carbocycles. The Hall–Kier alpha value is -1.81. The van der Waals surface area contributed by atoms with E-state index in [-0.39, 0.29) is 5.91 Å². The summed E-state index contributed by atoms with van der Waals surface area (Å²) in [4.78, 5) is 14.5. The van der Waals surface area contributed by atoms with Gasteiger partial charge >= 0.3 is 0 Å². The summed E-state index contributed by atoms with van der Waals surface area (Å²) in [6.45, 7) is 3.38. The van der Waals surface area contributed by atoms with Gasteiger partial charge in [0.2, 0.25) is 5.91 Å². The third-order valence-electron chi connectivity index (χ3n) is 4.54. The third-order valence-corrected chi connectivity index (χ3v) is 4.54. The molecule has 4 rings (SSSR count). The van der Waals surface area contributed by atoms with E-state index in [1.165, 1.54) is 25.9 Å². The van der Waals surface area contributed by atoms with Gasteiger partial charge in [-0.3, -0.25) is 4.79 Å². The molecule has 1 N–H and O–H groups in total. The van der Waals surface area contributed by atoms with Crippen molar-refractivity contribution < 1.29 is 9.53 Å². The van der Waals surface area contributed by atoms with Gasteiger partial charge in [-0.1, -0.05) is 18.2 Å². The third kappa shape index (κ3) is 3.27. The van der Waals surface area contributed by atoms with Crippen LogP contribution in [0.25, 0.3) is 6.08 Å². The standard InChI is InChI=1S/C17H22N2O2/c1-21-16-5-3-2-4-14(16)6-7-17(20)18-15-12-19-10-8-13(15)9-11-19/h2-7,13,15H,8-12H2,1H3,(H,18,20)/b7-6-. The van der Waals surface area contributed by atoms with Gasteiger partial charge in [0.15, 0.2) is 0 Å². The second-order valence-electron chi connectivity index (χ2n) is 5.83. The fourth-order valence-corrected chi connectivity index (χ4v) is 3.33. The zero-order valence-corrected chi connectivity index (χ0v) is 12.4. The zero-order valence-electron chi connectivity index (χ0n) is 12.4. The Morgan fingerprint density at radius 1 is 1.33 bits per heavy atom. The first-order valence-electron chi connectivity index (χ1n) is 7.60. The van der Waals surface area contributed by atoms with Gasteiger partial charge in [-0.2, -0.15) is 0 Å². The van der Waals surface area contributed by atoms with Crippen molar-refractivity contribution >= 4 is 12.0 Å². The highest BCUT2D eigenvalue weighted by Gasteiger charge is 2.34. The Labute approximate surface area is 125 Å². The van der Waals surface area contributed by atoms with E-state index in [9.17, 15) is 4.79 Å². The van der Waals surface area contributed by atoms with Crippen LogP contribution in [-0.2, 0) is 4.79 Å². The highest BCUT2D eigenvalue weighted by atomic mass is 16.5. The maximum atomic E-state index is 12.1. The summed E-state index contributed by atoms with van der Waals surface area (Å²) in [5.41, 5.74) is 0.920. The summed E-state index contributed by atoms with van der Waals surface area (Å²) >= 11 is 0. The number of piperidine rings is 3. The number of fused-ring (bicyclic) bond motifs is 3. The number of nitrogens with zero attached hydrogens (tertiary/aromatic N) is 1. The van der Waals surface area contributed by atoms with Crippen molar-refractivity contribution in [3.8, 4) is 5.75 Å². The molecule has 0 aromatic heterocycles. The van der Waals surface area contributed by atoms with Gasteiger partial charge in [-0.15, -0.1) is 0 Å². The van der Waals surface area contributed by atoms with E-state index in [1.54, 1.807) is 13.2 Å². The Morgan fingerprint density at radius 3 is 2.76 bits per heavy atom. The fraction of sp³-hybridized carbons (Fsp3) is 0.471. The van der Waals surface area contributed by atoms with E-state index >= 15 is 0 Å². The number of nitrogens with one attached hydrogen (secondary N) is 1. The smallest absolute Gasteiger partial charge is 0.244 e. The minimum atomic E-state index is -0.0142. The molecule has 1 amide bonds. The van der Waals surface area contributed by atoms with E-state index < -0.39 is 0 Å². The van der Waals surface area contributed by atoms with Crippen molar-refractivity contribution in [3.05, 3.63) is 35.9 Å². The molecule has 3 heterocycles. The molecule has 1 aromatic carbocycles. The Bertz CT molecular complexity index is 533. The molecule has 2 bridgehead atoms. The average Bonchev–Trinajstić information content (AvgIpc) is 2.54. The molecule has 3 aliphatic rings. The molecule has 4 heteroatoms. The number of benzene rings is 1. The molecule has 0 spiro atoms. The van der Waals surface area contributed by atoms with Gasteiger partial charge in [0.1, 0.15) is 5.75 Å². The zero-order chi connectivity index (χ0) is 14.7. The van der Waals surface area contributed by atoms with Crippen LogP contribution in [0, 0.1) is 5.92 Å². The lowest BCUT2D eigenvalue weighted by molar-refractivity contribution is -0.118. The van der Waals surface area contributed by atoms with Crippen LogP contribution in [0.4, 0.5) is 0 Å². The van der Waals surface area contributed by atoms with Crippen molar-refractivity contribution in [3.63, 3.8) is 0 Å². The monoisotopic (exact) mass is 286 g/mol. The lowest BCUT2D eigenvalue weighted by Gasteiger charge is -2.44. The highest BCUT2D eigenvalue weighted by Crippen LogP contribution is 2.27. The van der Waals surface area contributed by atoms with Crippen LogP contribution in [0.1, 0.15) is 18.4 Å². The highest BCUT2D eigenvalue weighted by molar-refractivity contribution is 5.92. The van der Waals surface area contributed by atoms with Crippen LogP contribution in [0.15, 0.2) is 30.3 Å². The van der Waals surface area contributed by atoms with Crippen molar-refractivity contribution in [1.29, 1.82) is 0 Å². The van der Waals surface area contributed by atoms with Crippen molar-refractivity contribution in [1.82, 2.24) is 10.2 Å². The lowest BCUT2D eigenvalue weighted by atomic mass is 9.84. The number of ether oxygens (including phenoxy) is 1. The Balaban J connectivity index is 1.60. The molecule has 1 aromatic rings. The van der Waals surface area contributed by atoms with Gasteiger partial charge in [0.25, 0.3) is 0 Å². The minimum Gasteiger partial charge on any atom is -0.496 e. The largest absolute Gasteiger partial charge is 0.496 e. The number of hydrogen-bond donors (Lipinski definition) is 1. The molecular formula is C17H22N2O2. The second kappa shape index (κ2) is 6.31. The molecule has 4 nitrogen and oxygen atoms in total. The quantitative estimate of drug-likeness (QED) is 0.860. The normalized spacial score (nSPS) is 27.8. The first kappa shape index (κ1) is 14.1. The summed E-state index contributed by atoms with van der Waals surface area (Å²) in [7, 11) is 1.64. The summed E-state index contributed by atoms with van der Waals surface area (Å²) in [6.07, 6.45) is 5.84. The molecule has 0 saturated carbocycles. The van der Waals surface area contributed by atoms with Gasteiger partial charge in [0.05, 0.1) is 7.11 Å². The van der Waals surface area contributed by atoms with Crippen LogP contribution in [-0.4, -0.2) is 43.6 Å². The number of hydrogen-bond acceptors (Lipinski definition) is 3. The number of rotatable bonds is 4. The molecule has 3 aliphatic heterocycles. The molecule has 1 atom stereocenters. The van der Waals surface area contributed by atoms with Crippen LogP contribution in [0.2, 0.25) is 0 Å². The van der Waals surface area contributed by atoms with Gasteiger partial charge < -0.3 is 15.0 Å². The van der Waals surface area contributed by atoms with E-state index in [1.807, 2.05) is 30.3 Å². The second-order valence-corrected chi connectivity index (χ2v) is 5.83. The molecule has 21 heavy (non-hydrogen) atoms. The van der Waals surface area contributed by atoms with E-state index in [2.05, 4.69) is 10.2 Å². The lowest BCUT2D eigenvalue weighted by Crippen LogP contribution is -2.57. The number of methoxy groups -OCH3 is 1. The maximum Gasteiger partial charge on any atom is 0.244 e. The molecule has 112 valence electrons. The first-order chi connectivity index (χ1) is 10.3. The summed E-state index contributed by atoms with van der Waals surface area (Å²) in [5.74, 6) is 1.42. The maximum absolute atomic E-state index is 12.1. The van der Waals surface area contributed by atoms with Crippen molar-refractivity contribution in [2.24, 2.45) is 5.92 Å². The number of amides is 1. The predicted octanol–water partition coefficient (Wildman–Crippen LogP) is 1.92. The minimum absolute atomic E-state index is 0.0142. The number of para-hydroxylation sites is 1. The fourth-order valence-electron chi connectivity index (χ4n) is 3.33. The molecule has 3 fully saturated rings. The van der Waals surface area contributed by atoms with E-state index in [4.69, 9.17) is 4.74 Å². The van der Waals surface area contributed by atoms with Gasteiger partial charge in [0, 0.05) is 24.2 Å². The van der Waals surface area contributed by atoms with Gasteiger partial charge in [-0.25, -0.2) is 0 Å². The number of carbonyl (C=O) groups is 1. The van der Waals surface area contributed by atoms with Crippen LogP contribution < -0.4 is 10.1 Å².